The van der Waals surface area contributed by atoms with Crippen LogP contribution in [0.15, 0.2) is 83.7 Å². The quantitative estimate of drug-likeness (QED) is 0.472. The molecule has 0 unspecified atom stereocenters. The number of rotatable bonds is 1. The van der Waals surface area contributed by atoms with Gasteiger partial charge >= 0.3 is 0 Å². The lowest BCUT2D eigenvalue weighted by atomic mass is 10.2. The second kappa shape index (κ2) is 4.80. The van der Waals surface area contributed by atoms with Crippen LogP contribution in [0.2, 0.25) is 0 Å². The van der Waals surface area contributed by atoms with Crippen molar-refractivity contribution in [2.45, 2.75) is 0 Å². The largest absolute Gasteiger partial charge is 0.278 e. The Balaban J connectivity index is 2.10. The zero-order chi connectivity index (χ0) is 16.1. The lowest BCUT2D eigenvalue weighted by Crippen LogP contribution is -2.15. The van der Waals surface area contributed by atoms with E-state index in [1.807, 2.05) is 83.4 Å². The highest BCUT2D eigenvalue weighted by Crippen LogP contribution is 2.24. The average Bonchev–Trinajstić information content (AvgIpc) is 2.97. The van der Waals surface area contributed by atoms with E-state index in [0.29, 0.717) is 16.7 Å². The molecular formula is C20H13N3O. The normalized spacial score (nSPS) is 11.5. The smallest absolute Gasteiger partial charge is 0.267 e. The minimum atomic E-state index is -0.0403. The van der Waals surface area contributed by atoms with Crippen LogP contribution in [0.25, 0.3) is 33.4 Å². The Labute approximate surface area is 137 Å². The van der Waals surface area contributed by atoms with Crippen molar-refractivity contribution in [2.24, 2.45) is 0 Å². The van der Waals surface area contributed by atoms with Crippen LogP contribution in [-0.4, -0.2) is 14.0 Å². The van der Waals surface area contributed by atoms with E-state index in [4.69, 9.17) is 4.98 Å². The van der Waals surface area contributed by atoms with E-state index < -0.39 is 0 Å². The van der Waals surface area contributed by atoms with Crippen LogP contribution in [0.3, 0.4) is 0 Å². The number of para-hydroxylation sites is 4. The molecule has 2 heterocycles. The first-order chi connectivity index (χ1) is 11.8. The first-order valence-corrected chi connectivity index (χ1v) is 7.81. The summed E-state index contributed by atoms with van der Waals surface area (Å²) in [5.41, 5.74) is 3.48. The van der Waals surface area contributed by atoms with E-state index in [-0.39, 0.29) is 5.56 Å². The second-order valence-corrected chi connectivity index (χ2v) is 5.73. The third kappa shape index (κ3) is 1.68. The molecule has 0 aliphatic carbocycles. The zero-order valence-corrected chi connectivity index (χ0v) is 12.8. The number of aromatic nitrogens is 3. The van der Waals surface area contributed by atoms with Crippen LogP contribution < -0.4 is 5.56 Å². The van der Waals surface area contributed by atoms with Gasteiger partial charge in [-0.1, -0.05) is 42.5 Å². The van der Waals surface area contributed by atoms with Crippen molar-refractivity contribution in [3.05, 3.63) is 89.2 Å². The maximum Gasteiger partial charge on any atom is 0.267 e. The van der Waals surface area contributed by atoms with Gasteiger partial charge in [0.05, 0.1) is 21.9 Å². The van der Waals surface area contributed by atoms with Gasteiger partial charge in [-0.3, -0.25) is 9.36 Å². The summed E-state index contributed by atoms with van der Waals surface area (Å²) in [6.07, 6.45) is 0. The Hall–Kier alpha value is -3.40. The van der Waals surface area contributed by atoms with Crippen LogP contribution in [0, 0.1) is 0 Å². The summed E-state index contributed by atoms with van der Waals surface area (Å²) in [7, 11) is 0. The fourth-order valence-electron chi connectivity index (χ4n) is 3.27. The molecule has 0 amide bonds. The molecule has 0 spiro atoms. The maximum absolute atomic E-state index is 13.1. The van der Waals surface area contributed by atoms with Gasteiger partial charge in [-0.25, -0.2) is 9.38 Å². The molecular weight excluding hydrogens is 298 g/mol. The Kier molecular flexibility index (Phi) is 2.61. The summed E-state index contributed by atoms with van der Waals surface area (Å²) >= 11 is 0. The van der Waals surface area contributed by atoms with Crippen molar-refractivity contribution in [3.63, 3.8) is 0 Å². The second-order valence-electron chi connectivity index (χ2n) is 5.73. The van der Waals surface area contributed by atoms with Gasteiger partial charge in [0.1, 0.15) is 0 Å². The van der Waals surface area contributed by atoms with Gasteiger partial charge in [-0.05, 0) is 36.4 Å². The zero-order valence-electron chi connectivity index (χ0n) is 12.8. The lowest BCUT2D eigenvalue weighted by molar-refractivity contribution is 1.05. The molecule has 0 atom stereocenters. The van der Waals surface area contributed by atoms with Crippen LogP contribution in [0.5, 0.6) is 0 Å². The van der Waals surface area contributed by atoms with E-state index in [2.05, 4.69) is 0 Å². The van der Waals surface area contributed by atoms with Crippen LogP contribution in [-0.2, 0) is 0 Å². The molecule has 0 fully saturated rings. The summed E-state index contributed by atoms with van der Waals surface area (Å²) < 4.78 is 3.73. The number of nitrogens with zero attached hydrogens (tertiary/aromatic N) is 3. The van der Waals surface area contributed by atoms with E-state index in [1.54, 1.807) is 4.40 Å². The van der Waals surface area contributed by atoms with Gasteiger partial charge in [0, 0.05) is 5.69 Å². The monoisotopic (exact) mass is 311 g/mol. The summed E-state index contributed by atoms with van der Waals surface area (Å²) in [5, 5.41) is 0.631. The molecule has 0 bridgehead atoms. The molecule has 0 radical (unpaired) electrons. The van der Waals surface area contributed by atoms with Crippen LogP contribution >= 0.6 is 0 Å². The average molecular weight is 311 g/mol. The molecule has 4 heteroatoms. The van der Waals surface area contributed by atoms with Crippen molar-refractivity contribution >= 4 is 27.7 Å². The summed E-state index contributed by atoms with van der Waals surface area (Å²) in [6.45, 7) is 0. The minimum Gasteiger partial charge on any atom is -0.278 e. The molecule has 114 valence electrons. The highest BCUT2D eigenvalue weighted by atomic mass is 16.1. The van der Waals surface area contributed by atoms with Gasteiger partial charge < -0.3 is 0 Å². The highest BCUT2D eigenvalue weighted by molar-refractivity contribution is 5.87. The molecule has 0 saturated heterocycles. The number of hydrogen-bond acceptors (Lipinski definition) is 2. The van der Waals surface area contributed by atoms with Crippen LogP contribution in [0.1, 0.15) is 0 Å². The molecule has 24 heavy (non-hydrogen) atoms. The third-order valence-corrected chi connectivity index (χ3v) is 4.34. The Morgan fingerprint density at radius 3 is 2.21 bits per heavy atom. The van der Waals surface area contributed by atoms with Gasteiger partial charge in [0.2, 0.25) is 5.78 Å². The predicted molar refractivity (Wildman–Crippen MR) is 95.8 cm³/mol. The predicted octanol–water partition coefficient (Wildman–Crippen LogP) is 3.79. The van der Waals surface area contributed by atoms with Gasteiger partial charge in [-0.2, -0.15) is 0 Å². The summed E-state index contributed by atoms with van der Waals surface area (Å²) in [5.74, 6) is 0.631. The number of hydrogen-bond donors (Lipinski definition) is 0. The molecule has 2 aromatic heterocycles. The molecule has 5 rings (SSSR count). The highest BCUT2D eigenvalue weighted by Gasteiger charge is 2.16. The fourth-order valence-corrected chi connectivity index (χ4v) is 3.27. The Morgan fingerprint density at radius 1 is 0.708 bits per heavy atom. The van der Waals surface area contributed by atoms with Crippen molar-refractivity contribution in [2.75, 3.05) is 0 Å². The number of fused-ring (bicyclic) bond motifs is 4. The van der Waals surface area contributed by atoms with Gasteiger partial charge in [-0.15, -0.1) is 0 Å². The topological polar surface area (TPSA) is 39.3 Å². The van der Waals surface area contributed by atoms with Crippen molar-refractivity contribution in [1.29, 1.82) is 0 Å². The fraction of sp³-hybridized carbons (Fsp3) is 0. The first kappa shape index (κ1) is 13.1. The summed E-state index contributed by atoms with van der Waals surface area (Å²) in [4.78, 5) is 17.8. The maximum atomic E-state index is 13.1. The van der Waals surface area contributed by atoms with Crippen molar-refractivity contribution in [3.8, 4) is 5.69 Å². The van der Waals surface area contributed by atoms with Crippen molar-refractivity contribution < 1.29 is 0 Å². The minimum absolute atomic E-state index is 0.0403. The van der Waals surface area contributed by atoms with Gasteiger partial charge in [0.25, 0.3) is 5.56 Å². The number of imidazole rings is 1. The Bertz CT molecular complexity index is 1270. The van der Waals surface area contributed by atoms with E-state index >= 15 is 0 Å². The van der Waals surface area contributed by atoms with Crippen molar-refractivity contribution in [1.82, 2.24) is 14.0 Å². The van der Waals surface area contributed by atoms with Crippen LogP contribution in [0.4, 0.5) is 0 Å². The number of benzene rings is 3. The molecule has 5 aromatic rings. The molecule has 0 saturated carbocycles. The van der Waals surface area contributed by atoms with E-state index in [0.717, 1.165) is 16.7 Å². The molecule has 0 aliphatic heterocycles. The Morgan fingerprint density at radius 2 is 1.38 bits per heavy atom. The third-order valence-electron chi connectivity index (χ3n) is 4.34. The standard InChI is InChI=1S/C20H13N3O/c24-19-15-10-4-5-11-16(15)21-20-22(14-8-2-1-3-9-14)17-12-6-7-13-18(17)23(19)20/h1-13H. The lowest BCUT2D eigenvalue weighted by Gasteiger charge is -2.06. The van der Waals surface area contributed by atoms with E-state index in [1.165, 1.54) is 0 Å². The first-order valence-electron chi connectivity index (χ1n) is 7.81. The van der Waals surface area contributed by atoms with Gasteiger partial charge in [0.15, 0.2) is 0 Å². The summed E-state index contributed by atoms with van der Waals surface area (Å²) in [6, 6.07) is 25.4. The molecule has 3 aromatic carbocycles. The van der Waals surface area contributed by atoms with E-state index in [9.17, 15) is 4.79 Å². The molecule has 0 N–H and O–H groups in total. The SMILES string of the molecule is O=c1c2ccccc2nc2n(-c3ccccc3)c3ccccc3n12. The molecule has 4 nitrogen and oxygen atoms in total. The molecule has 0 aliphatic rings.